The summed E-state index contributed by atoms with van der Waals surface area (Å²) in [5.41, 5.74) is -3.14. The van der Waals surface area contributed by atoms with E-state index >= 15 is 0 Å². The fraction of sp³-hybridized carbons (Fsp3) is 0.818. The zero-order chi connectivity index (χ0) is 24.8. The molecule has 0 amide bonds. The molecule has 6 rings (SSSR count). The van der Waals surface area contributed by atoms with E-state index in [2.05, 4.69) is 0 Å². The van der Waals surface area contributed by atoms with Crippen molar-refractivity contribution in [2.45, 2.75) is 76.0 Å². The molecular formula is C22H27NO11. The lowest BCUT2D eigenvalue weighted by Crippen LogP contribution is -2.67. The van der Waals surface area contributed by atoms with Crippen molar-refractivity contribution >= 4 is 23.9 Å². The van der Waals surface area contributed by atoms with Crippen LogP contribution in [0, 0.1) is 28.1 Å². The summed E-state index contributed by atoms with van der Waals surface area (Å²) in [7, 11) is 0. The van der Waals surface area contributed by atoms with Gasteiger partial charge in [-0.3, -0.25) is 9.59 Å². The predicted molar refractivity (Wildman–Crippen MR) is 105 cm³/mol. The van der Waals surface area contributed by atoms with E-state index in [4.69, 9.17) is 29.4 Å². The van der Waals surface area contributed by atoms with Crippen molar-refractivity contribution in [3.05, 3.63) is 0 Å². The van der Waals surface area contributed by atoms with Crippen molar-refractivity contribution in [2.75, 3.05) is 6.54 Å². The number of aliphatic hydroxyl groups excluding tert-OH is 1. The van der Waals surface area contributed by atoms with Crippen LogP contribution in [0.2, 0.25) is 0 Å². The van der Waals surface area contributed by atoms with Crippen LogP contribution < -0.4 is 5.73 Å². The average Bonchev–Trinajstić information content (AvgIpc) is 3.46. The largest absolute Gasteiger partial charge is 0.459 e. The second-order valence-corrected chi connectivity index (χ2v) is 11.3. The van der Waals surface area contributed by atoms with E-state index in [0.717, 1.165) is 0 Å². The number of ether oxygens (including phenoxy) is 5. The number of esters is 4. The van der Waals surface area contributed by atoms with Crippen LogP contribution in [-0.2, 0) is 42.9 Å². The Morgan fingerprint density at radius 2 is 1.85 bits per heavy atom. The maximum atomic E-state index is 13.7. The molecule has 12 nitrogen and oxygen atoms in total. The highest BCUT2D eigenvalue weighted by atomic mass is 16.8. The van der Waals surface area contributed by atoms with Gasteiger partial charge in [0, 0.05) is 0 Å². The van der Waals surface area contributed by atoms with Crippen molar-refractivity contribution in [2.24, 2.45) is 33.8 Å². The van der Waals surface area contributed by atoms with Crippen molar-refractivity contribution in [1.82, 2.24) is 0 Å². The van der Waals surface area contributed by atoms with Crippen molar-refractivity contribution in [3.63, 3.8) is 0 Å². The number of aliphatic hydroxyl groups is 2. The highest BCUT2D eigenvalue weighted by Crippen LogP contribution is 2.85. The summed E-state index contributed by atoms with van der Waals surface area (Å²) in [6, 6.07) is 0. The number of nitrogens with two attached hydrogens (primary N) is 1. The molecule has 7 unspecified atom stereocenters. The molecule has 2 saturated carbocycles. The molecule has 4 heterocycles. The van der Waals surface area contributed by atoms with Gasteiger partial charge >= 0.3 is 23.9 Å². The van der Waals surface area contributed by atoms with Crippen molar-refractivity contribution in [1.29, 1.82) is 0 Å². The minimum Gasteiger partial charge on any atom is -0.459 e. The molecule has 0 aromatic carbocycles. The molecule has 2 spiro atoms. The Balaban J connectivity index is 1.72. The van der Waals surface area contributed by atoms with Crippen LogP contribution in [0.5, 0.6) is 0 Å². The maximum Gasteiger partial charge on any atom is 0.343 e. The molecule has 0 radical (unpaired) electrons. The van der Waals surface area contributed by atoms with E-state index < -0.39 is 100 Å². The minimum absolute atomic E-state index is 0.173. The van der Waals surface area contributed by atoms with Crippen LogP contribution in [0.15, 0.2) is 0 Å². The van der Waals surface area contributed by atoms with Gasteiger partial charge in [-0.25, -0.2) is 9.59 Å². The maximum absolute atomic E-state index is 13.7. The molecule has 4 N–H and O–H groups in total. The summed E-state index contributed by atoms with van der Waals surface area (Å²) in [6.45, 7) is 6.53. The quantitative estimate of drug-likeness (QED) is 0.296. The predicted octanol–water partition coefficient (Wildman–Crippen LogP) is -1.86. The first-order chi connectivity index (χ1) is 15.8. The molecule has 34 heavy (non-hydrogen) atoms. The zero-order valence-corrected chi connectivity index (χ0v) is 19.1. The first-order valence-corrected chi connectivity index (χ1v) is 11.4. The monoisotopic (exact) mass is 481 g/mol. The van der Waals surface area contributed by atoms with Crippen LogP contribution in [0.4, 0.5) is 0 Å². The summed E-state index contributed by atoms with van der Waals surface area (Å²) in [4.78, 5) is 51.6. The molecule has 12 heteroatoms. The van der Waals surface area contributed by atoms with E-state index in [1.54, 1.807) is 0 Å². The van der Waals surface area contributed by atoms with Gasteiger partial charge in [0.05, 0.1) is 17.9 Å². The highest BCUT2D eigenvalue weighted by molar-refractivity contribution is 5.94. The molecule has 0 bridgehead atoms. The molecule has 0 aromatic rings. The fourth-order valence-corrected chi connectivity index (χ4v) is 8.42. The standard InChI is InChI=1S/C22H27NO11/c1-7-14(26)32-13-12(31-10(24)6-23)20-9-5-8(18(2,3)4)19(20)11(25)15(27)33-17(19)34-22(20,16(28)30-9)21(7,13)29/h7-9,11-13,17,25,29H,5-6,23H2,1-4H3/t7-,8?,9?,11+,12+,13?,17?,19?,20?,21-,22?/m1/s1. The van der Waals surface area contributed by atoms with E-state index in [-0.39, 0.29) is 6.42 Å². The molecule has 11 atom stereocenters. The summed E-state index contributed by atoms with van der Waals surface area (Å²) < 4.78 is 28.7. The number of carbonyl (C=O) groups is 4. The molecule has 4 saturated heterocycles. The van der Waals surface area contributed by atoms with Crippen LogP contribution in [-0.4, -0.2) is 82.5 Å². The lowest BCUT2D eigenvalue weighted by Gasteiger charge is -2.48. The van der Waals surface area contributed by atoms with Gasteiger partial charge in [0.2, 0.25) is 11.9 Å². The van der Waals surface area contributed by atoms with Gasteiger partial charge in [-0.2, -0.15) is 0 Å². The molecule has 186 valence electrons. The van der Waals surface area contributed by atoms with Gasteiger partial charge in [-0.15, -0.1) is 0 Å². The lowest BCUT2D eigenvalue weighted by atomic mass is 9.51. The number of rotatable bonds is 2. The van der Waals surface area contributed by atoms with Crippen LogP contribution in [0.1, 0.15) is 34.1 Å². The van der Waals surface area contributed by atoms with Gasteiger partial charge in [0.1, 0.15) is 11.5 Å². The van der Waals surface area contributed by atoms with Gasteiger partial charge in [0.15, 0.2) is 23.9 Å². The normalized spacial score (nSPS) is 54.2. The Hall–Kier alpha value is -2.28. The third-order valence-corrected chi connectivity index (χ3v) is 9.39. The molecule has 0 aromatic heterocycles. The molecular weight excluding hydrogens is 454 g/mol. The Morgan fingerprint density at radius 3 is 2.47 bits per heavy atom. The zero-order valence-electron chi connectivity index (χ0n) is 19.1. The van der Waals surface area contributed by atoms with Crippen molar-refractivity contribution < 1.29 is 53.1 Å². The number of hydrogen-bond donors (Lipinski definition) is 3. The number of carbonyl (C=O) groups excluding carboxylic acids is 4. The lowest BCUT2D eigenvalue weighted by molar-refractivity contribution is -0.240. The van der Waals surface area contributed by atoms with Crippen molar-refractivity contribution in [3.8, 4) is 0 Å². The minimum atomic E-state index is -2.33. The van der Waals surface area contributed by atoms with E-state index in [1.165, 1.54) is 6.92 Å². The Kier molecular flexibility index (Phi) is 3.86. The second-order valence-electron chi connectivity index (χ2n) is 11.3. The molecule has 4 aliphatic heterocycles. The SMILES string of the molecule is C[C@@H]1C(=O)OC2[C@H](OC(=O)CN)C34C5CC(C(C)(C)C)C36C(OC(=O)[C@@H]6O)OC4(C(=O)O5)[C@]21O. The Bertz CT molecular complexity index is 1050. The number of hydrogen-bond acceptors (Lipinski definition) is 12. The van der Waals surface area contributed by atoms with Gasteiger partial charge in [-0.05, 0) is 24.7 Å². The van der Waals surface area contributed by atoms with Crippen LogP contribution in [0.3, 0.4) is 0 Å². The smallest absolute Gasteiger partial charge is 0.343 e. The summed E-state index contributed by atoms with van der Waals surface area (Å²) in [5, 5.41) is 23.6. The highest BCUT2D eigenvalue weighted by Gasteiger charge is 3.04. The Morgan fingerprint density at radius 1 is 1.18 bits per heavy atom. The van der Waals surface area contributed by atoms with E-state index in [0.29, 0.717) is 0 Å². The third-order valence-electron chi connectivity index (χ3n) is 9.39. The van der Waals surface area contributed by atoms with E-state index in [1.807, 2.05) is 20.8 Å². The second kappa shape index (κ2) is 5.92. The van der Waals surface area contributed by atoms with Gasteiger partial charge in [0.25, 0.3) is 0 Å². The fourth-order valence-electron chi connectivity index (χ4n) is 8.42. The first-order valence-electron chi connectivity index (χ1n) is 11.4. The van der Waals surface area contributed by atoms with E-state index in [9.17, 15) is 29.4 Å². The molecule has 2 aliphatic carbocycles. The third kappa shape index (κ3) is 1.77. The average molecular weight is 481 g/mol. The van der Waals surface area contributed by atoms with Crippen LogP contribution in [0.25, 0.3) is 0 Å². The van der Waals surface area contributed by atoms with Crippen LogP contribution >= 0.6 is 0 Å². The Labute approximate surface area is 194 Å². The summed E-state index contributed by atoms with van der Waals surface area (Å²) in [5.74, 6) is -5.47. The molecule has 6 aliphatic rings. The topological polar surface area (TPSA) is 181 Å². The molecule has 6 fully saturated rings. The van der Waals surface area contributed by atoms with Gasteiger partial charge in [-0.1, -0.05) is 20.8 Å². The number of fused-ring (bicyclic) bond motifs is 1. The van der Waals surface area contributed by atoms with Gasteiger partial charge < -0.3 is 39.6 Å². The summed E-state index contributed by atoms with van der Waals surface area (Å²) in [6.07, 6.45) is -7.11. The summed E-state index contributed by atoms with van der Waals surface area (Å²) >= 11 is 0. The first kappa shape index (κ1) is 22.2.